The van der Waals surface area contributed by atoms with Crippen molar-refractivity contribution in [2.45, 2.75) is 18.8 Å². The number of benzene rings is 1. The number of amides is 2. The number of halogens is 3. The van der Waals surface area contributed by atoms with Crippen molar-refractivity contribution in [2.24, 2.45) is 0 Å². The zero-order valence-corrected chi connectivity index (χ0v) is 19.5. The fourth-order valence-electron chi connectivity index (χ4n) is 2.45. The van der Waals surface area contributed by atoms with Crippen LogP contribution in [0.15, 0.2) is 18.2 Å². The zero-order valence-electron chi connectivity index (χ0n) is 13.6. The Morgan fingerprint density at radius 2 is 2.12 bits per heavy atom. The molecular formula is C15H15ClI2N4O3S. The number of para-hydroxylation sites is 1. The first kappa shape index (κ1) is 20.3. The van der Waals surface area contributed by atoms with E-state index in [1.807, 2.05) is 18.2 Å². The molecule has 26 heavy (non-hydrogen) atoms. The standard InChI is InChI=1S/C15H15ClI2N4O3S/c1-21-7-11(23)22(15(21)24)14-20-19-13(26-14)10(5-6-16)25-12-8(17)3-2-4-9(12)18/h2-4,10-11,23H,5-7H2,1H3. The highest BCUT2D eigenvalue weighted by atomic mass is 127. The Hall–Kier alpha value is -0.440. The molecule has 0 saturated carbocycles. The third kappa shape index (κ3) is 4.18. The highest BCUT2D eigenvalue weighted by Gasteiger charge is 2.37. The van der Waals surface area contributed by atoms with Gasteiger partial charge in [0.25, 0.3) is 0 Å². The summed E-state index contributed by atoms with van der Waals surface area (Å²) in [4.78, 5) is 14.9. The van der Waals surface area contributed by atoms with Gasteiger partial charge in [-0.2, -0.15) is 0 Å². The van der Waals surface area contributed by atoms with E-state index in [0.29, 0.717) is 22.4 Å². The van der Waals surface area contributed by atoms with Crippen molar-refractivity contribution >= 4 is 79.3 Å². The number of aromatic nitrogens is 2. The van der Waals surface area contributed by atoms with E-state index in [4.69, 9.17) is 16.3 Å². The fourth-order valence-corrected chi connectivity index (χ4v) is 5.36. The number of likely N-dealkylation sites (N-methyl/N-ethyl adjacent to an activating group) is 1. The number of aliphatic hydroxyl groups is 1. The molecule has 2 unspecified atom stereocenters. The van der Waals surface area contributed by atoms with E-state index < -0.39 is 6.23 Å². The van der Waals surface area contributed by atoms with Gasteiger partial charge in [0, 0.05) is 19.3 Å². The Bertz CT molecular complexity index is 789. The first-order valence-corrected chi connectivity index (χ1v) is 11.2. The second-order valence-corrected chi connectivity index (χ2v) is 9.26. The lowest BCUT2D eigenvalue weighted by Gasteiger charge is -2.18. The number of alkyl halides is 1. The largest absolute Gasteiger partial charge is 0.481 e. The van der Waals surface area contributed by atoms with Crippen LogP contribution in [0.4, 0.5) is 9.93 Å². The van der Waals surface area contributed by atoms with E-state index in [0.717, 1.165) is 12.9 Å². The molecule has 0 radical (unpaired) electrons. The van der Waals surface area contributed by atoms with E-state index in [-0.39, 0.29) is 18.7 Å². The minimum absolute atomic E-state index is 0.232. The molecule has 2 aromatic rings. The molecule has 11 heteroatoms. The van der Waals surface area contributed by atoms with Crippen LogP contribution in [0.5, 0.6) is 5.75 Å². The van der Waals surface area contributed by atoms with Crippen LogP contribution >= 0.6 is 68.1 Å². The van der Waals surface area contributed by atoms with Crippen LogP contribution in [0.25, 0.3) is 0 Å². The quantitative estimate of drug-likeness (QED) is 0.394. The molecule has 2 amide bonds. The lowest BCUT2D eigenvalue weighted by molar-refractivity contribution is 0.183. The molecule has 1 saturated heterocycles. The van der Waals surface area contributed by atoms with Crippen LogP contribution < -0.4 is 9.64 Å². The summed E-state index contributed by atoms with van der Waals surface area (Å²) in [6, 6.07) is 5.60. The Balaban J connectivity index is 1.86. The first-order valence-electron chi connectivity index (χ1n) is 7.64. The molecule has 7 nitrogen and oxygen atoms in total. The number of hydrogen-bond acceptors (Lipinski definition) is 6. The van der Waals surface area contributed by atoms with Gasteiger partial charge >= 0.3 is 6.03 Å². The average Bonchev–Trinajstić information content (AvgIpc) is 3.15. The third-order valence-electron chi connectivity index (χ3n) is 3.73. The Labute approximate surface area is 187 Å². The number of anilines is 1. The second-order valence-electron chi connectivity index (χ2n) is 5.57. The number of carbonyl (C=O) groups is 1. The minimum Gasteiger partial charge on any atom is -0.481 e. The van der Waals surface area contributed by atoms with E-state index >= 15 is 0 Å². The van der Waals surface area contributed by atoms with Gasteiger partial charge in [-0.05, 0) is 57.3 Å². The van der Waals surface area contributed by atoms with Crippen molar-refractivity contribution < 1.29 is 14.6 Å². The summed E-state index contributed by atoms with van der Waals surface area (Å²) < 4.78 is 8.17. The molecule has 1 aliphatic rings. The van der Waals surface area contributed by atoms with E-state index in [9.17, 15) is 9.90 Å². The van der Waals surface area contributed by atoms with Gasteiger partial charge in [-0.15, -0.1) is 21.8 Å². The number of nitrogens with zero attached hydrogens (tertiary/aromatic N) is 4. The van der Waals surface area contributed by atoms with Crippen LogP contribution in [-0.4, -0.2) is 51.9 Å². The maximum Gasteiger partial charge on any atom is 0.328 e. The maximum atomic E-state index is 12.2. The number of β-amino-alcohol motifs (C(OH)–C–C–N with tert-alkyl or cyclic N) is 1. The Morgan fingerprint density at radius 3 is 2.69 bits per heavy atom. The van der Waals surface area contributed by atoms with Crippen LogP contribution in [0, 0.1) is 7.14 Å². The summed E-state index contributed by atoms with van der Waals surface area (Å²) in [5.41, 5.74) is 0. The monoisotopic (exact) mass is 620 g/mol. The van der Waals surface area contributed by atoms with Crippen molar-refractivity contribution in [1.29, 1.82) is 0 Å². The van der Waals surface area contributed by atoms with Gasteiger partial charge in [0.15, 0.2) is 17.3 Å². The number of aliphatic hydroxyl groups excluding tert-OH is 1. The van der Waals surface area contributed by atoms with Crippen LogP contribution in [0.2, 0.25) is 0 Å². The van der Waals surface area contributed by atoms with Crippen molar-refractivity contribution in [2.75, 3.05) is 24.4 Å². The second kappa shape index (κ2) is 8.71. The molecule has 0 aliphatic carbocycles. The van der Waals surface area contributed by atoms with Gasteiger partial charge in [-0.25, -0.2) is 9.69 Å². The van der Waals surface area contributed by atoms with Gasteiger partial charge in [-0.1, -0.05) is 17.4 Å². The summed E-state index contributed by atoms with van der Waals surface area (Å²) in [6.45, 7) is 0.232. The minimum atomic E-state index is -0.934. The molecule has 1 aromatic carbocycles. The van der Waals surface area contributed by atoms with E-state index in [2.05, 4.69) is 55.4 Å². The predicted octanol–water partition coefficient (Wildman–Crippen LogP) is 3.69. The number of rotatable bonds is 6. The van der Waals surface area contributed by atoms with Gasteiger partial charge in [-0.3, -0.25) is 0 Å². The normalized spacial score (nSPS) is 18.5. The number of carbonyl (C=O) groups excluding carboxylic acids is 1. The molecular weight excluding hydrogens is 606 g/mol. The first-order chi connectivity index (χ1) is 12.4. The summed E-state index contributed by atoms with van der Waals surface area (Å²) in [5, 5.41) is 19.3. The summed E-state index contributed by atoms with van der Waals surface area (Å²) in [7, 11) is 1.63. The van der Waals surface area contributed by atoms with Crippen molar-refractivity contribution in [3.63, 3.8) is 0 Å². The van der Waals surface area contributed by atoms with E-state index in [1.165, 1.54) is 21.1 Å². The highest BCUT2D eigenvalue weighted by molar-refractivity contribution is 14.1. The predicted molar refractivity (Wildman–Crippen MR) is 117 cm³/mol. The molecule has 3 rings (SSSR count). The molecule has 140 valence electrons. The summed E-state index contributed by atoms with van der Waals surface area (Å²) in [6.07, 6.45) is -0.763. The van der Waals surface area contributed by atoms with Gasteiger partial charge in [0.05, 0.1) is 13.7 Å². The smallest absolute Gasteiger partial charge is 0.328 e. The van der Waals surface area contributed by atoms with Gasteiger partial charge < -0.3 is 14.7 Å². The van der Waals surface area contributed by atoms with Crippen LogP contribution in [0.3, 0.4) is 0 Å². The topological polar surface area (TPSA) is 78.8 Å². The molecule has 1 aliphatic heterocycles. The summed E-state index contributed by atoms with van der Waals surface area (Å²) >= 11 is 11.6. The molecule has 1 N–H and O–H groups in total. The third-order valence-corrected chi connectivity index (χ3v) is 6.66. The lowest BCUT2D eigenvalue weighted by atomic mass is 10.3. The molecule has 0 spiro atoms. The molecule has 2 heterocycles. The molecule has 2 atom stereocenters. The van der Waals surface area contributed by atoms with Gasteiger partial charge in [0.1, 0.15) is 5.75 Å². The molecule has 1 fully saturated rings. The zero-order chi connectivity index (χ0) is 18.8. The fraction of sp³-hybridized carbons (Fsp3) is 0.400. The lowest BCUT2D eigenvalue weighted by Crippen LogP contribution is -2.34. The van der Waals surface area contributed by atoms with Crippen LogP contribution in [-0.2, 0) is 0 Å². The van der Waals surface area contributed by atoms with Crippen LogP contribution in [0.1, 0.15) is 17.5 Å². The van der Waals surface area contributed by atoms with Gasteiger partial charge in [0.2, 0.25) is 5.13 Å². The van der Waals surface area contributed by atoms with E-state index in [1.54, 1.807) is 7.05 Å². The van der Waals surface area contributed by atoms with Crippen molar-refractivity contribution in [3.8, 4) is 5.75 Å². The number of ether oxygens (including phenoxy) is 1. The van der Waals surface area contributed by atoms with Crippen molar-refractivity contribution in [1.82, 2.24) is 15.1 Å². The average molecular weight is 621 g/mol. The maximum absolute atomic E-state index is 12.2. The van der Waals surface area contributed by atoms with Crippen molar-refractivity contribution in [3.05, 3.63) is 30.3 Å². The Morgan fingerprint density at radius 1 is 1.42 bits per heavy atom. The number of urea groups is 1. The molecule has 1 aromatic heterocycles. The Kier molecular flexibility index (Phi) is 6.80. The number of hydrogen-bond donors (Lipinski definition) is 1. The highest BCUT2D eigenvalue weighted by Crippen LogP contribution is 2.36. The SMILES string of the molecule is CN1CC(O)N(c2nnc(C(CCCl)Oc3c(I)cccc3I)s2)C1=O. The summed E-state index contributed by atoms with van der Waals surface area (Å²) in [5.74, 6) is 1.17. The molecule has 0 bridgehead atoms.